The standard InChI is InChI=1S/C14H19N3O2S/c1-10(13-15-5-8-20-13)9-16-7-4-12(18)17-6-2-3-11(17)14(16)19/h5,8,10-11H,2-4,6-7,9H2,1H3. The molecule has 0 spiro atoms. The molecule has 0 saturated carbocycles. The van der Waals surface area contributed by atoms with E-state index < -0.39 is 0 Å². The summed E-state index contributed by atoms with van der Waals surface area (Å²) in [4.78, 5) is 32.6. The lowest BCUT2D eigenvalue weighted by Crippen LogP contribution is -2.44. The fraction of sp³-hybridized carbons (Fsp3) is 0.643. The molecule has 2 atom stereocenters. The van der Waals surface area contributed by atoms with Crippen LogP contribution in [0.25, 0.3) is 0 Å². The third kappa shape index (κ3) is 2.44. The van der Waals surface area contributed by atoms with Gasteiger partial charge in [0, 0.05) is 43.5 Å². The van der Waals surface area contributed by atoms with E-state index in [1.807, 2.05) is 10.3 Å². The summed E-state index contributed by atoms with van der Waals surface area (Å²) in [5.74, 6) is 0.476. The number of rotatable bonds is 3. The van der Waals surface area contributed by atoms with Crippen LogP contribution >= 0.6 is 11.3 Å². The molecule has 2 fully saturated rings. The number of nitrogens with zero attached hydrogens (tertiary/aromatic N) is 3. The first kappa shape index (κ1) is 13.5. The number of amides is 2. The highest BCUT2D eigenvalue weighted by atomic mass is 32.1. The second-order valence-corrected chi connectivity index (χ2v) is 6.48. The molecular formula is C14H19N3O2S. The second-order valence-electron chi connectivity index (χ2n) is 5.55. The number of hydrogen-bond acceptors (Lipinski definition) is 4. The van der Waals surface area contributed by atoms with Crippen LogP contribution in [0.3, 0.4) is 0 Å². The van der Waals surface area contributed by atoms with Crippen molar-refractivity contribution in [3.05, 3.63) is 16.6 Å². The van der Waals surface area contributed by atoms with E-state index in [9.17, 15) is 9.59 Å². The van der Waals surface area contributed by atoms with Crippen LogP contribution in [0.4, 0.5) is 0 Å². The first-order valence-electron chi connectivity index (χ1n) is 7.14. The van der Waals surface area contributed by atoms with Gasteiger partial charge in [-0.3, -0.25) is 9.59 Å². The first-order chi connectivity index (χ1) is 9.66. The average Bonchev–Trinajstić information content (AvgIpc) is 3.10. The van der Waals surface area contributed by atoms with Gasteiger partial charge in [-0.15, -0.1) is 11.3 Å². The number of fused-ring (bicyclic) bond motifs is 1. The maximum atomic E-state index is 12.6. The van der Waals surface area contributed by atoms with Crippen molar-refractivity contribution >= 4 is 23.2 Å². The largest absolute Gasteiger partial charge is 0.340 e. The van der Waals surface area contributed by atoms with Crippen molar-refractivity contribution < 1.29 is 9.59 Å². The Morgan fingerprint density at radius 3 is 3.05 bits per heavy atom. The normalized spacial score (nSPS) is 24.8. The summed E-state index contributed by atoms with van der Waals surface area (Å²) in [6.45, 7) is 4.03. The van der Waals surface area contributed by atoms with Gasteiger partial charge in [0.25, 0.3) is 0 Å². The van der Waals surface area contributed by atoms with Crippen molar-refractivity contribution in [2.75, 3.05) is 19.6 Å². The summed E-state index contributed by atoms with van der Waals surface area (Å²) in [6, 6.07) is -0.214. The molecule has 0 aromatic carbocycles. The maximum absolute atomic E-state index is 12.6. The van der Waals surface area contributed by atoms with Crippen molar-refractivity contribution in [2.45, 2.75) is 38.1 Å². The zero-order valence-electron chi connectivity index (χ0n) is 11.6. The van der Waals surface area contributed by atoms with Crippen LogP contribution in [0.1, 0.15) is 37.1 Å². The van der Waals surface area contributed by atoms with E-state index in [0.717, 1.165) is 24.4 Å². The molecule has 2 unspecified atom stereocenters. The molecule has 20 heavy (non-hydrogen) atoms. The molecule has 2 aliphatic rings. The van der Waals surface area contributed by atoms with Gasteiger partial charge >= 0.3 is 0 Å². The third-order valence-electron chi connectivity index (χ3n) is 4.13. The van der Waals surface area contributed by atoms with Gasteiger partial charge in [-0.2, -0.15) is 0 Å². The summed E-state index contributed by atoms with van der Waals surface area (Å²) in [5, 5.41) is 3.01. The molecule has 1 aromatic heterocycles. The Bertz CT molecular complexity index is 503. The van der Waals surface area contributed by atoms with E-state index in [1.54, 1.807) is 22.4 Å². The van der Waals surface area contributed by atoms with Crippen LogP contribution < -0.4 is 0 Å². The predicted octanol–water partition coefficient (Wildman–Crippen LogP) is 1.47. The lowest BCUT2D eigenvalue weighted by Gasteiger charge is -2.26. The first-order valence-corrected chi connectivity index (χ1v) is 8.02. The molecule has 2 amide bonds. The smallest absolute Gasteiger partial charge is 0.245 e. The molecule has 6 heteroatoms. The van der Waals surface area contributed by atoms with Crippen LogP contribution in [-0.2, 0) is 9.59 Å². The van der Waals surface area contributed by atoms with Crippen LogP contribution in [0.2, 0.25) is 0 Å². The SMILES string of the molecule is CC(CN1CCC(=O)N2CCCC2C1=O)c1nccs1. The van der Waals surface area contributed by atoms with Gasteiger partial charge in [0.05, 0.1) is 5.01 Å². The molecule has 0 radical (unpaired) electrons. The molecule has 108 valence electrons. The minimum atomic E-state index is -0.214. The fourth-order valence-electron chi connectivity index (χ4n) is 3.08. The minimum absolute atomic E-state index is 0.122. The van der Waals surface area contributed by atoms with Crippen LogP contribution in [0.5, 0.6) is 0 Å². The third-order valence-corrected chi connectivity index (χ3v) is 5.14. The fourth-order valence-corrected chi connectivity index (χ4v) is 3.77. The summed E-state index contributed by atoms with van der Waals surface area (Å²) in [7, 11) is 0. The van der Waals surface area contributed by atoms with Crippen LogP contribution in [0, 0.1) is 0 Å². The number of aromatic nitrogens is 1. The lowest BCUT2D eigenvalue weighted by molar-refractivity contribution is -0.139. The van der Waals surface area contributed by atoms with E-state index in [0.29, 0.717) is 19.5 Å². The monoisotopic (exact) mass is 293 g/mol. The van der Waals surface area contributed by atoms with E-state index in [-0.39, 0.29) is 23.8 Å². The van der Waals surface area contributed by atoms with E-state index in [2.05, 4.69) is 11.9 Å². The Labute approximate surface area is 122 Å². The van der Waals surface area contributed by atoms with Gasteiger partial charge in [-0.05, 0) is 12.8 Å². The highest BCUT2D eigenvalue weighted by Gasteiger charge is 2.39. The summed E-state index contributed by atoms with van der Waals surface area (Å²) < 4.78 is 0. The zero-order chi connectivity index (χ0) is 14.1. The van der Waals surface area contributed by atoms with Gasteiger partial charge in [-0.1, -0.05) is 6.92 Å². The van der Waals surface area contributed by atoms with Gasteiger partial charge in [0.15, 0.2) is 0 Å². The molecule has 0 N–H and O–H groups in total. The van der Waals surface area contributed by atoms with Gasteiger partial charge < -0.3 is 9.80 Å². The molecule has 2 saturated heterocycles. The molecule has 3 heterocycles. The lowest BCUT2D eigenvalue weighted by atomic mass is 10.1. The van der Waals surface area contributed by atoms with Gasteiger partial charge in [-0.25, -0.2) is 4.98 Å². The van der Waals surface area contributed by atoms with Crippen molar-refractivity contribution in [3.8, 4) is 0 Å². The average molecular weight is 293 g/mol. The molecule has 5 nitrogen and oxygen atoms in total. The van der Waals surface area contributed by atoms with Gasteiger partial charge in [0.1, 0.15) is 6.04 Å². The molecule has 2 aliphatic heterocycles. The molecule has 3 rings (SSSR count). The van der Waals surface area contributed by atoms with Crippen LogP contribution in [-0.4, -0.2) is 52.3 Å². The number of thiazole rings is 1. The highest BCUT2D eigenvalue weighted by molar-refractivity contribution is 7.09. The molecule has 0 aliphatic carbocycles. The topological polar surface area (TPSA) is 53.5 Å². The van der Waals surface area contributed by atoms with Crippen molar-refractivity contribution in [1.82, 2.24) is 14.8 Å². The second kappa shape index (κ2) is 5.52. The summed E-state index contributed by atoms with van der Waals surface area (Å²) in [6.07, 6.45) is 4.00. The van der Waals surface area contributed by atoms with Crippen molar-refractivity contribution in [1.29, 1.82) is 0 Å². The predicted molar refractivity (Wildman–Crippen MR) is 76.5 cm³/mol. The minimum Gasteiger partial charge on any atom is -0.340 e. The number of hydrogen-bond donors (Lipinski definition) is 0. The van der Waals surface area contributed by atoms with E-state index in [1.165, 1.54) is 0 Å². The Balaban J connectivity index is 1.73. The Morgan fingerprint density at radius 1 is 1.45 bits per heavy atom. The molecule has 0 bridgehead atoms. The van der Waals surface area contributed by atoms with Crippen LogP contribution in [0.15, 0.2) is 11.6 Å². The highest BCUT2D eigenvalue weighted by Crippen LogP contribution is 2.26. The quantitative estimate of drug-likeness (QED) is 0.848. The zero-order valence-corrected chi connectivity index (χ0v) is 12.4. The van der Waals surface area contributed by atoms with Crippen molar-refractivity contribution in [3.63, 3.8) is 0 Å². The maximum Gasteiger partial charge on any atom is 0.245 e. The Kier molecular flexibility index (Phi) is 3.74. The summed E-state index contributed by atoms with van der Waals surface area (Å²) >= 11 is 1.62. The van der Waals surface area contributed by atoms with Gasteiger partial charge in [0.2, 0.25) is 11.8 Å². The van der Waals surface area contributed by atoms with Crippen molar-refractivity contribution in [2.24, 2.45) is 0 Å². The van der Waals surface area contributed by atoms with E-state index >= 15 is 0 Å². The summed E-state index contributed by atoms with van der Waals surface area (Å²) in [5.41, 5.74) is 0. The molecule has 1 aromatic rings. The Hall–Kier alpha value is -1.43. The Morgan fingerprint density at radius 2 is 2.30 bits per heavy atom. The molecular weight excluding hydrogens is 274 g/mol. The van der Waals surface area contributed by atoms with E-state index in [4.69, 9.17) is 0 Å². The number of carbonyl (C=O) groups excluding carboxylic acids is 2. The number of carbonyl (C=O) groups is 2.